The molecule has 0 amide bonds. The van der Waals surface area contributed by atoms with Crippen LogP contribution in [0.5, 0.6) is 0 Å². The van der Waals surface area contributed by atoms with Crippen LogP contribution in [0.25, 0.3) is 0 Å². The lowest BCUT2D eigenvalue weighted by molar-refractivity contribution is -0.696. The SMILES string of the molecule is O=S(=O)([O-])CCC[n+]1ccn(CCCCCCCCCCCO)c1. The smallest absolute Gasteiger partial charge is 0.243 e. The molecule has 0 aliphatic heterocycles. The quantitative estimate of drug-likeness (QED) is 0.295. The highest BCUT2D eigenvalue weighted by atomic mass is 32.2. The molecule has 24 heavy (non-hydrogen) atoms. The zero-order chi connectivity index (χ0) is 17.7. The normalized spacial score (nSPS) is 11.9. The fourth-order valence-corrected chi connectivity index (χ4v) is 3.25. The Morgan fingerprint density at radius 1 is 0.917 bits per heavy atom. The van der Waals surface area contributed by atoms with Gasteiger partial charge in [0, 0.05) is 12.4 Å². The first kappa shape index (κ1) is 21.1. The van der Waals surface area contributed by atoms with Crippen LogP contribution in [0, 0.1) is 0 Å². The third kappa shape index (κ3) is 11.6. The molecular formula is C17H32N2O4S. The molecule has 0 unspecified atom stereocenters. The Morgan fingerprint density at radius 2 is 1.50 bits per heavy atom. The van der Waals surface area contributed by atoms with Gasteiger partial charge in [-0.25, -0.2) is 17.6 Å². The molecule has 1 heterocycles. The van der Waals surface area contributed by atoms with Gasteiger partial charge in [0.25, 0.3) is 0 Å². The average Bonchev–Trinajstić information content (AvgIpc) is 2.96. The summed E-state index contributed by atoms with van der Waals surface area (Å²) in [6, 6.07) is 0. The molecule has 0 radical (unpaired) electrons. The largest absolute Gasteiger partial charge is 0.748 e. The molecule has 1 aromatic rings. The maximum atomic E-state index is 10.6. The monoisotopic (exact) mass is 360 g/mol. The zero-order valence-electron chi connectivity index (χ0n) is 14.6. The molecule has 1 rings (SSSR count). The second-order valence-corrected chi connectivity index (χ2v) is 7.93. The molecule has 0 spiro atoms. The molecular weight excluding hydrogens is 328 g/mol. The van der Waals surface area contributed by atoms with E-state index in [1.54, 1.807) is 0 Å². The molecule has 1 aromatic heterocycles. The summed E-state index contributed by atoms with van der Waals surface area (Å²) in [6.07, 6.45) is 17.0. The van der Waals surface area contributed by atoms with Crippen molar-refractivity contribution in [3.05, 3.63) is 18.7 Å². The van der Waals surface area contributed by atoms with Crippen molar-refractivity contribution in [3.8, 4) is 0 Å². The van der Waals surface area contributed by atoms with Crippen molar-refractivity contribution in [3.63, 3.8) is 0 Å². The molecule has 0 aliphatic carbocycles. The minimum atomic E-state index is -4.10. The van der Waals surface area contributed by atoms with Gasteiger partial charge < -0.3 is 9.66 Å². The Kier molecular flexibility index (Phi) is 11.0. The summed E-state index contributed by atoms with van der Waals surface area (Å²) in [4.78, 5) is 0. The summed E-state index contributed by atoms with van der Waals surface area (Å²) >= 11 is 0. The third-order valence-corrected chi connectivity index (χ3v) is 4.92. The molecule has 0 saturated heterocycles. The van der Waals surface area contributed by atoms with Gasteiger partial charge in [-0.2, -0.15) is 0 Å². The van der Waals surface area contributed by atoms with Crippen LogP contribution in [0.15, 0.2) is 18.7 Å². The highest BCUT2D eigenvalue weighted by Gasteiger charge is 2.04. The molecule has 140 valence electrons. The van der Waals surface area contributed by atoms with E-state index in [0.717, 1.165) is 25.8 Å². The van der Waals surface area contributed by atoms with Crippen LogP contribution in [0.1, 0.15) is 64.2 Å². The standard InChI is InChI=1S/C17H32N2O4S/c20-15-9-7-5-3-1-2-4-6-8-11-18-13-14-19(17-18)12-10-16-24(21,22)23/h13-14,17,20H,1-12,15-16H2. The molecule has 0 fully saturated rings. The summed E-state index contributed by atoms with van der Waals surface area (Å²) in [7, 11) is -4.10. The van der Waals surface area contributed by atoms with E-state index < -0.39 is 10.1 Å². The van der Waals surface area contributed by atoms with Crippen LogP contribution in [0.2, 0.25) is 0 Å². The second-order valence-electron chi connectivity index (χ2n) is 6.41. The molecule has 0 bridgehead atoms. The highest BCUT2D eigenvalue weighted by molar-refractivity contribution is 7.85. The summed E-state index contributed by atoms with van der Waals surface area (Å²) in [5.41, 5.74) is 0. The second kappa shape index (κ2) is 12.4. The van der Waals surface area contributed by atoms with Gasteiger partial charge in [0.15, 0.2) is 0 Å². The van der Waals surface area contributed by atoms with Crippen LogP contribution >= 0.6 is 0 Å². The fraction of sp³-hybridized carbons (Fsp3) is 0.824. The summed E-state index contributed by atoms with van der Waals surface area (Å²) in [5, 5.41) is 8.70. The average molecular weight is 361 g/mol. The van der Waals surface area contributed by atoms with E-state index in [1.807, 2.05) is 23.3 Å². The maximum absolute atomic E-state index is 10.6. The minimum Gasteiger partial charge on any atom is -0.748 e. The van der Waals surface area contributed by atoms with Crippen molar-refractivity contribution in [1.29, 1.82) is 0 Å². The minimum absolute atomic E-state index is 0.300. The van der Waals surface area contributed by atoms with Gasteiger partial charge in [-0.15, -0.1) is 0 Å². The number of hydrogen-bond donors (Lipinski definition) is 1. The first-order valence-electron chi connectivity index (χ1n) is 9.10. The highest BCUT2D eigenvalue weighted by Crippen LogP contribution is 2.10. The predicted octanol–water partition coefficient (Wildman–Crippen LogP) is 2.21. The molecule has 0 aliphatic rings. The van der Waals surface area contributed by atoms with Gasteiger partial charge in [0.1, 0.15) is 12.4 Å². The number of aryl methyl sites for hydroxylation is 2. The Labute approximate surface area is 146 Å². The maximum Gasteiger partial charge on any atom is 0.243 e. The number of nitrogens with zero attached hydrogens (tertiary/aromatic N) is 2. The van der Waals surface area contributed by atoms with Crippen molar-refractivity contribution in [2.75, 3.05) is 12.4 Å². The van der Waals surface area contributed by atoms with Crippen molar-refractivity contribution in [2.24, 2.45) is 0 Å². The molecule has 1 N–H and O–H groups in total. The molecule has 6 nitrogen and oxygen atoms in total. The first-order valence-corrected chi connectivity index (χ1v) is 10.7. The van der Waals surface area contributed by atoms with E-state index in [0.29, 0.717) is 19.6 Å². The molecule has 0 aromatic carbocycles. The lowest BCUT2D eigenvalue weighted by Gasteiger charge is -2.04. The van der Waals surface area contributed by atoms with Gasteiger partial charge in [-0.05, 0) is 25.7 Å². The summed E-state index contributed by atoms with van der Waals surface area (Å²) in [5.74, 6) is -0.300. The Balaban J connectivity index is 2.00. The number of rotatable bonds is 15. The zero-order valence-corrected chi connectivity index (χ0v) is 15.4. The van der Waals surface area contributed by atoms with Gasteiger partial charge in [-0.3, -0.25) is 0 Å². The van der Waals surface area contributed by atoms with E-state index in [1.165, 1.54) is 38.5 Å². The lowest BCUT2D eigenvalue weighted by Crippen LogP contribution is -2.32. The predicted molar refractivity (Wildman–Crippen MR) is 92.4 cm³/mol. The van der Waals surface area contributed by atoms with Crippen LogP contribution in [0.3, 0.4) is 0 Å². The van der Waals surface area contributed by atoms with Crippen LogP contribution in [-0.2, 0) is 23.2 Å². The molecule has 0 saturated carbocycles. The number of unbranched alkanes of at least 4 members (excludes halogenated alkanes) is 8. The van der Waals surface area contributed by atoms with E-state index in [2.05, 4.69) is 4.57 Å². The third-order valence-electron chi connectivity index (χ3n) is 4.13. The number of imidazole rings is 1. The molecule has 7 heteroatoms. The topological polar surface area (TPSA) is 86.2 Å². The summed E-state index contributed by atoms with van der Waals surface area (Å²) < 4.78 is 35.7. The van der Waals surface area contributed by atoms with E-state index >= 15 is 0 Å². The van der Waals surface area contributed by atoms with Crippen molar-refractivity contribution in [1.82, 2.24) is 4.57 Å². The Hall–Kier alpha value is -0.920. The number of aliphatic hydroxyl groups is 1. The van der Waals surface area contributed by atoms with Crippen molar-refractivity contribution >= 4 is 10.1 Å². The molecule has 0 atom stereocenters. The van der Waals surface area contributed by atoms with Crippen molar-refractivity contribution < 1.29 is 22.6 Å². The van der Waals surface area contributed by atoms with E-state index in [9.17, 15) is 13.0 Å². The van der Waals surface area contributed by atoms with Crippen molar-refractivity contribution in [2.45, 2.75) is 77.3 Å². The lowest BCUT2D eigenvalue weighted by atomic mass is 10.1. The first-order chi connectivity index (χ1) is 11.5. The number of hydrogen-bond acceptors (Lipinski definition) is 4. The van der Waals surface area contributed by atoms with Crippen LogP contribution < -0.4 is 4.57 Å². The number of aromatic nitrogens is 2. The van der Waals surface area contributed by atoms with Crippen LogP contribution in [-0.4, -0.2) is 35.0 Å². The van der Waals surface area contributed by atoms with Gasteiger partial charge in [0.05, 0.1) is 23.2 Å². The summed E-state index contributed by atoms with van der Waals surface area (Å²) in [6.45, 7) is 1.85. The van der Waals surface area contributed by atoms with Gasteiger partial charge >= 0.3 is 0 Å². The Morgan fingerprint density at radius 3 is 2.08 bits per heavy atom. The fourth-order valence-electron chi connectivity index (χ4n) is 2.77. The number of aliphatic hydroxyl groups excluding tert-OH is 1. The van der Waals surface area contributed by atoms with E-state index in [4.69, 9.17) is 5.11 Å². The van der Waals surface area contributed by atoms with Gasteiger partial charge in [0.2, 0.25) is 6.33 Å². The van der Waals surface area contributed by atoms with E-state index in [-0.39, 0.29) is 5.75 Å². The van der Waals surface area contributed by atoms with Crippen LogP contribution in [0.4, 0.5) is 0 Å². The van der Waals surface area contributed by atoms with Gasteiger partial charge in [-0.1, -0.05) is 38.5 Å². The Bertz CT molecular complexity index is 528.